The van der Waals surface area contributed by atoms with E-state index in [0.29, 0.717) is 28.3 Å². The second-order valence-electron chi connectivity index (χ2n) is 6.01. The zero-order chi connectivity index (χ0) is 19.4. The zero-order valence-corrected chi connectivity index (χ0v) is 16.1. The summed E-state index contributed by atoms with van der Waals surface area (Å²) < 4.78 is 5.24. The van der Waals surface area contributed by atoms with Gasteiger partial charge in [0.1, 0.15) is 5.75 Å². The van der Waals surface area contributed by atoms with E-state index in [0.717, 1.165) is 9.75 Å². The van der Waals surface area contributed by atoms with Crippen LogP contribution in [0.3, 0.4) is 0 Å². The Morgan fingerprint density at radius 1 is 0.926 bits per heavy atom. The molecule has 0 unspecified atom stereocenters. The van der Waals surface area contributed by atoms with E-state index >= 15 is 0 Å². The van der Waals surface area contributed by atoms with Crippen LogP contribution in [0.15, 0.2) is 54.6 Å². The van der Waals surface area contributed by atoms with Gasteiger partial charge in [-0.2, -0.15) is 0 Å². The molecule has 0 aliphatic rings. The first-order valence-corrected chi connectivity index (χ1v) is 9.22. The summed E-state index contributed by atoms with van der Waals surface area (Å²) in [4.78, 5) is 26.9. The van der Waals surface area contributed by atoms with E-state index in [-0.39, 0.29) is 11.8 Å². The minimum atomic E-state index is -0.248. The number of aryl methyl sites for hydroxylation is 2. The molecule has 2 amide bonds. The Morgan fingerprint density at radius 3 is 2.26 bits per heavy atom. The summed E-state index contributed by atoms with van der Waals surface area (Å²) >= 11 is 1.59. The lowest BCUT2D eigenvalue weighted by atomic mass is 10.1. The van der Waals surface area contributed by atoms with Crippen molar-refractivity contribution < 1.29 is 14.3 Å². The molecule has 3 aromatic rings. The third kappa shape index (κ3) is 4.35. The molecule has 0 spiro atoms. The van der Waals surface area contributed by atoms with Crippen molar-refractivity contribution in [2.24, 2.45) is 0 Å². The molecule has 5 nitrogen and oxygen atoms in total. The van der Waals surface area contributed by atoms with Crippen molar-refractivity contribution in [2.45, 2.75) is 13.8 Å². The summed E-state index contributed by atoms with van der Waals surface area (Å²) in [6.07, 6.45) is 0. The molecule has 0 aliphatic heterocycles. The Morgan fingerprint density at radius 2 is 1.63 bits per heavy atom. The molecule has 27 heavy (non-hydrogen) atoms. The number of anilines is 2. The number of ether oxygens (including phenoxy) is 1. The van der Waals surface area contributed by atoms with Crippen LogP contribution in [-0.4, -0.2) is 18.9 Å². The Balaban J connectivity index is 1.68. The Kier molecular flexibility index (Phi) is 5.57. The number of rotatable bonds is 5. The number of nitrogens with one attached hydrogen (secondary N) is 2. The largest absolute Gasteiger partial charge is 0.495 e. The minimum absolute atomic E-state index is 0.150. The predicted octanol–water partition coefficient (Wildman–Crippen LogP) is 4.88. The third-order valence-corrected chi connectivity index (χ3v) is 5.01. The van der Waals surface area contributed by atoms with Gasteiger partial charge < -0.3 is 15.4 Å². The Hall–Kier alpha value is -3.12. The van der Waals surface area contributed by atoms with Crippen LogP contribution >= 0.6 is 11.3 Å². The smallest absolute Gasteiger partial charge is 0.256 e. The molecule has 0 saturated carbocycles. The molecule has 0 saturated heterocycles. The van der Waals surface area contributed by atoms with Gasteiger partial charge in [0.25, 0.3) is 11.8 Å². The van der Waals surface area contributed by atoms with Crippen LogP contribution in [-0.2, 0) is 0 Å². The number of hydrogen-bond acceptors (Lipinski definition) is 4. The first kappa shape index (κ1) is 18.7. The van der Waals surface area contributed by atoms with Crippen molar-refractivity contribution in [1.29, 1.82) is 0 Å². The van der Waals surface area contributed by atoms with Gasteiger partial charge in [-0.05, 0) is 56.3 Å². The molecular weight excluding hydrogens is 360 g/mol. The number of thiophene rings is 1. The summed E-state index contributed by atoms with van der Waals surface area (Å²) in [5.74, 6) is 0.195. The lowest BCUT2D eigenvalue weighted by Crippen LogP contribution is -2.14. The van der Waals surface area contributed by atoms with Gasteiger partial charge in [0.2, 0.25) is 0 Å². The quantitative estimate of drug-likeness (QED) is 0.663. The lowest BCUT2D eigenvalue weighted by molar-refractivity contribution is 0.101. The van der Waals surface area contributed by atoms with E-state index in [1.54, 1.807) is 54.8 Å². The van der Waals surface area contributed by atoms with Crippen molar-refractivity contribution in [3.63, 3.8) is 0 Å². The molecule has 3 rings (SSSR count). The van der Waals surface area contributed by atoms with Gasteiger partial charge in [0.15, 0.2) is 0 Å². The second kappa shape index (κ2) is 8.05. The fraction of sp³-hybridized carbons (Fsp3) is 0.143. The number of carbonyl (C=O) groups excluding carboxylic acids is 2. The average Bonchev–Trinajstić information content (AvgIpc) is 3.01. The molecule has 0 radical (unpaired) electrons. The molecule has 0 atom stereocenters. The van der Waals surface area contributed by atoms with Gasteiger partial charge in [-0.1, -0.05) is 12.1 Å². The van der Waals surface area contributed by atoms with Crippen molar-refractivity contribution in [3.8, 4) is 5.75 Å². The van der Waals surface area contributed by atoms with Crippen LogP contribution in [0.2, 0.25) is 0 Å². The van der Waals surface area contributed by atoms with Crippen molar-refractivity contribution >= 4 is 34.5 Å². The average molecular weight is 380 g/mol. The van der Waals surface area contributed by atoms with Crippen LogP contribution in [0.4, 0.5) is 11.4 Å². The van der Waals surface area contributed by atoms with E-state index in [1.807, 2.05) is 32.0 Å². The summed E-state index contributed by atoms with van der Waals surface area (Å²) in [7, 11) is 1.55. The van der Waals surface area contributed by atoms with Crippen LogP contribution in [0.1, 0.15) is 30.5 Å². The number of benzene rings is 2. The highest BCUT2D eigenvalue weighted by molar-refractivity contribution is 7.12. The number of hydrogen-bond donors (Lipinski definition) is 2. The fourth-order valence-corrected chi connectivity index (χ4v) is 3.62. The molecule has 138 valence electrons. The van der Waals surface area contributed by atoms with Crippen LogP contribution < -0.4 is 15.4 Å². The molecule has 2 aromatic carbocycles. The maximum atomic E-state index is 12.4. The SMILES string of the molecule is COc1ccccc1NC(=O)c1ccc(NC(=O)c2cc(C)sc2C)cc1. The van der Waals surface area contributed by atoms with Crippen molar-refractivity contribution in [2.75, 3.05) is 17.7 Å². The van der Waals surface area contributed by atoms with E-state index < -0.39 is 0 Å². The molecule has 2 N–H and O–H groups in total. The monoisotopic (exact) mass is 380 g/mol. The molecule has 1 aromatic heterocycles. The van der Waals surface area contributed by atoms with E-state index in [4.69, 9.17) is 4.74 Å². The predicted molar refractivity (Wildman–Crippen MR) is 109 cm³/mol. The van der Waals surface area contributed by atoms with E-state index in [1.165, 1.54) is 0 Å². The minimum Gasteiger partial charge on any atom is -0.495 e. The molecule has 1 heterocycles. The van der Waals surface area contributed by atoms with Crippen LogP contribution in [0, 0.1) is 13.8 Å². The van der Waals surface area contributed by atoms with Gasteiger partial charge in [-0.15, -0.1) is 11.3 Å². The van der Waals surface area contributed by atoms with Gasteiger partial charge in [0.05, 0.1) is 18.4 Å². The molecule has 0 aliphatic carbocycles. The standard InChI is InChI=1S/C21H20N2O3S/c1-13-12-17(14(2)27-13)21(25)22-16-10-8-15(9-11-16)20(24)23-18-6-4-5-7-19(18)26-3/h4-12H,1-3H3,(H,22,25)(H,23,24). The summed E-state index contributed by atoms with van der Waals surface area (Å²) in [6.45, 7) is 3.90. The number of methoxy groups -OCH3 is 1. The highest BCUT2D eigenvalue weighted by Crippen LogP contribution is 2.24. The Bertz CT molecular complexity index is 977. The molecule has 0 bridgehead atoms. The van der Waals surface area contributed by atoms with Gasteiger partial charge in [0, 0.05) is 21.0 Å². The van der Waals surface area contributed by atoms with Gasteiger partial charge in [-0.25, -0.2) is 0 Å². The molecular formula is C21H20N2O3S. The second-order valence-corrected chi connectivity index (χ2v) is 7.47. The van der Waals surface area contributed by atoms with Gasteiger partial charge in [-0.3, -0.25) is 9.59 Å². The van der Waals surface area contributed by atoms with Crippen molar-refractivity contribution in [1.82, 2.24) is 0 Å². The maximum absolute atomic E-state index is 12.4. The summed E-state index contributed by atoms with van der Waals surface area (Å²) in [5.41, 5.74) is 2.40. The van der Waals surface area contributed by atoms with Crippen molar-refractivity contribution in [3.05, 3.63) is 75.5 Å². The Labute approximate surface area is 162 Å². The molecule has 6 heteroatoms. The first-order chi connectivity index (χ1) is 13.0. The number of carbonyl (C=O) groups is 2. The normalized spacial score (nSPS) is 10.3. The first-order valence-electron chi connectivity index (χ1n) is 8.40. The third-order valence-electron chi connectivity index (χ3n) is 4.05. The van der Waals surface area contributed by atoms with E-state index in [9.17, 15) is 9.59 Å². The van der Waals surface area contributed by atoms with Crippen LogP contribution in [0.5, 0.6) is 5.75 Å². The van der Waals surface area contributed by atoms with Crippen LogP contribution in [0.25, 0.3) is 0 Å². The zero-order valence-electron chi connectivity index (χ0n) is 15.3. The highest BCUT2D eigenvalue weighted by Gasteiger charge is 2.13. The fourth-order valence-electron chi connectivity index (χ4n) is 2.70. The topological polar surface area (TPSA) is 67.4 Å². The summed E-state index contributed by atoms with van der Waals surface area (Å²) in [5, 5.41) is 5.69. The van der Waals surface area contributed by atoms with Gasteiger partial charge >= 0.3 is 0 Å². The number of para-hydroxylation sites is 2. The lowest BCUT2D eigenvalue weighted by Gasteiger charge is -2.10. The van der Waals surface area contributed by atoms with E-state index in [2.05, 4.69) is 10.6 Å². The molecule has 0 fully saturated rings. The summed E-state index contributed by atoms with van der Waals surface area (Å²) in [6, 6.07) is 15.9. The highest BCUT2D eigenvalue weighted by atomic mass is 32.1. The maximum Gasteiger partial charge on any atom is 0.256 e. The number of amides is 2.